The summed E-state index contributed by atoms with van der Waals surface area (Å²) in [4.78, 5) is 5.50. The largest absolute Gasteiger partial charge is 0.398 e. The number of aromatic nitrogens is 2. The van der Waals surface area contributed by atoms with Gasteiger partial charge in [-0.15, -0.1) is 22.9 Å². The zero-order valence-corrected chi connectivity index (χ0v) is 10.5. The van der Waals surface area contributed by atoms with Gasteiger partial charge in [0.25, 0.3) is 0 Å². The SMILES string of the molecule is Nc1ccccc1-c1cn2c(CCl)csc2n1. The van der Waals surface area contributed by atoms with E-state index in [1.165, 1.54) is 0 Å². The van der Waals surface area contributed by atoms with Crippen molar-refractivity contribution in [1.29, 1.82) is 0 Å². The van der Waals surface area contributed by atoms with Gasteiger partial charge in [-0.05, 0) is 6.07 Å². The molecular formula is C12H10ClN3S. The molecule has 86 valence electrons. The Bertz CT molecular complexity index is 671. The Kier molecular flexibility index (Phi) is 2.53. The molecule has 0 spiro atoms. The molecular weight excluding hydrogens is 254 g/mol. The first-order valence-electron chi connectivity index (χ1n) is 5.16. The standard InChI is InChI=1S/C12H10ClN3S/c13-5-8-7-17-12-15-11(6-16(8)12)9-3-1-2-4-10(9)14/h1-4,6-7H,5,14H2. The lowest BCUT2D eigenvalue weighted by molar-refractivity contribution is 1.11. The molecule has 3 nitrogen and oxygen atoms in total. The average Bonchev–Trinajstić information content (AvgIpc) is 2.88. The predicted molar refractivity (Wildman–Crippen MR) is 72.5 cm³/mol. The molecule has 0 aliphatic rings. The average molecular weight is 264 g/mol. The number of nitrogen functional groups attached to an aromatic ring is 1. The van der Waals surface area contributed by atoms with Crippen LogP contribution in [0.3, 0.4) is 0 Å². The van der Waals surface area contributed by atoms with Gasteiger partial charge in [-0.2, -0.15) is 0 Å². The van der Waals surface area contributed by atoms with E-state index in [-0.39, 0.29) is 0 Å². The van der Waals surface area contributed by atoms with Crippen LogP contribution in [0.1, 0.15) is 5.69 Å². The Morgan fingerprint density at radius 3 is 2.94 bits per heavy atom. The van der Waals surface area contributed by atoms with Crippen LogP contribution in [0.25, 0.3) is 16.2 Å². The van der Waals surface area contributed by atoms with Gasteiger partial charge in [-0.3, -0.25) is 4.40 Å². The van der Waals surface area contributed by atoms with Gasteiger partial charge in [0.05, 0.1) is 11.6 Å². The number of fused-ring (bicyclic) bond motifs is 1. The number of nitrogens with zero attached hydrogens (tertiary/aromatic N) is 2. The molecule has 3 rings (SSSR count). The number of halogens is 1. The van der Waals surface area contributed by atoms with Gasteiger partial charge in [0, 0.05) is 28.5 Å². The van der Waals surface area contributed by atoms with Crippen LogP contribution in [0.5, 0.6) is 0 Å². The maximum absolute atomic E-state index is 5.94. The second kappa shape index (κ2) is 4.05. The topological polar surface area (TPSA) is 43.3 Å². The number of alkyl halides is 1. The summed E-state index contributed by atoms with van der Waals surface area (Å²) in [5.41, 5.74) is 9.59. The number of para-hydroxylation sites is 1. The highest BCUT2D eigenvalue weighted by atomic mass is 35.5. The van der Waals surface area contributed by atoms with Crippen LogP contribution in [0.2, 0.25) is 0 Å². The Morgan fingerprint density at radius 1 is 1.35 bits per heavy atom. The number of anilines is 1. The molecule has 0 saturated carbocycles. The van der Waals surface area contributed by atoms with Crippen LogP contribution in [-0.4, -0.2) is 9.38 Å². The molecule has 1 aromatic carbocycles. The summed E-state index contributed by atoms with van der Waals surface area (Å²) in [6.07, 6.45) is 1.98. The van der Waals surface area contributed by atoms with E-state index in [1.54, 1.807) is 11.3 Å². The summed E-state index contributed by atoms with van der Waals surface area (Å²) >= 11 is 7.45. The summed E-state index contributed by atoms with van der Waals surface area (Å²) in [5.74, 6) is 0.486. The number of thiazole rings is 1. The number of rotatable bonds is 2. The van der Waals surface area contributed by atoms with Crippen LogP contribution in [0.4, 0.5) is 5.69 Å². The van der Waals surface area contributed by atoms with Gasteiger partial charge >= 0.3 is 0 Å². The molecule has 2 aromatic heterocycles. The van der Waals surface area contributed by atoms with Crippen LogP contribution in [-0.2, 0) is 5.88 Å². The molecule has 0 aliphatic heterocycles. The lowest BCUT2D eigenvalue weighted by Crippen LogP contribution is -1.89. The van der Waals surface area contributed by atoms with Crippen molar-refractivity contribution in [3.63, 3.8) is 0 Å². The third kappa shape index (κ3) is 1.69. The molecule has 0 atom stereocenters. The minimum absolute atomic E-state index is 0.486. The summed E-state index contributed by atoms with van der Waals surface area (Å²) in [5, 5.41) is 2.02. The van der Waals surface area contributed by atoms with E-state index in [9.17, 15) is 0 Å². The third-order valence-corrected chi connectivity index (χ3v) is 3.82. The number of benzene rings is 1. The molecule has 0 aliphatic carbocycles. The second-order valence-corrected chi connectivity index (χ2v) is 4.83. The monoisotopic (exact) mass is 263 g/mol. The first kappa shape index (κ1) is 10.6. The molecule has 2 N–H and O–H groups in total. The lowest BCUT2D eigenvalue weighted by atomic mass is 10.1. The van der Waals surface area contributed by atoms with E-state index in [0.717, 1.165) is 27.6 Å². The molecule has 0 fully saturated rings. The van der Waals surface area contributed by atoms with Crippen molar-refractivity contribution in [3.8, 4) is 11.3 Å². The van der Waals surface area contributed by atoms with Crippen molar-refractivity contribution in [2.24, 2.45) is 0 Å². The fourth-order valence-corrected chi connectivity index (χ4v) is 2.96. The first-order chi connectivity index (χ1) is 8.29. The van der Waals surface area contributed by atoms with Crippen molar-refractivity contribution in [3.05, 3.63) is 41.5 Å². The summed E-state index contributed by atoms with van der Waals surface area (Å²) in [6.45, 7) is 0. The van der Waals surface area contributed by atoms with Gasteiger partial charge in [-0.1, -0.05) is 18.2 Å². The zero-order chi connectivity index (χ0) is 11.8. The molecule has 0 amide bonds. The second-order valence-electron chi connectivity index (χ2n) is 3.73. The van der Waals surface area contributed by atoms with Crippen LogP contribution >= 0.6 is 22.9 Å². The van der Waals surface area contributed by atoms with Crippen molar-refractivity contribution in [2.45, 2.75) is 5.88 Å². The van der Waals surface area contributed by atoms with Gasteiger partial charge in [0.1, 0.15) is 0 Å². The smallest absolute Gasteiger partial charge is 0.194 e. The zero-order valence-electron chi connectivity index (χ0n) is 8.93. The highest BCUT2D eigenvalue weighted by Gasteiger charge is 2.10. The first-order valence-corrected chi connectivity index (χ1v) is 6.57. The molecule has 17 heavy (non-hydrogen) atoms. The highest BCUT2D eigenvalue weighted by molar-refractivity contribution is 7.15. The van der Waals surface area contributed by atoms with Gasteiger partial charge < -0.3 is 5.73 Å². The third-order valence-electron chi connectivity index (χ3n) is 2.66. The van der Waals surface area contributed by atoms with Crippen LogP contribution in [0.15, 0.2) is 35.8 Å². The molecule has 0 unspecified atom stereocenters. The van der Waals surface area contributed by atoms with E-state index in [1.807, 2.05) is 40.2 Å². The van der Waals surface area contributed by atoms with Crippen molar-refractivity contribution in [1.82, 2.24) is 9.38 Å². The van der Waals surface area contributed by atoms with E-state index in [2.05, 4.69) is 4.98 Å². The Morgan fingerprint density at radius 2 is 2.18 bits per heavy atom. The fraction of sp³-hybridized carbons (Fsp3) is 0.0833. The van der Waals surface area contributed by atoms with Crippen LogP contribution < -0.4 is 5.73 Å². The molecule has 3 aromatic rings. The normalized spacial score (nSPS) is 11.1. The number of hydrogen-bond donors (Lipinski definition) is 1. The van der Waals surface area contributed by atoms with E-state index >= 15 is 0 Å². The molecule has 0 radical (unpaired) electrons. The predicted octanol–water partition coefficient (Wildman–Crippen LogP) is 3.38. The molecule has 0 bridgehead atoms. The van der Waals surface area contributed by atoms with E-state index in [4.69, 9.17) is 17.3 Å². The molecule has 2 heterocycles. The maximum Gasteiger partial charge on any atom is 0.194 e. The van der Waals surface area contributed by atoms with Gasteiger partial charge in [0.2, 0.25) is 0 Å². The Balaban J connectivity index is 2.19. The number of imidazole rings is 1. The van der Waals surface area contributed by atoms with Gasteiger partial charge in [0.15, 0.2) is 4.96 Å². The molecule has 5 heteroatoms. The number of nitrogens with two attached hydrogens (primary N) is 1. The lowest BCUT2D eigenvalue weighted by Gasteiger charge is -2.00. The molecule has 0 saturated heterocycles. The summed E-state index contributed by atoms with van der Waals surface area (Å²) in [7, 11) is 0. The summed E-state index contributed by atoms with van der Waals surface area (Å²) < 4.78 is 2.01. The highest BCUT2D eigenvalue weighted by Crippen LogP contribution is 2.27. The Hall–Kier alpha value is -1.52. The quantitative estimate of drug-likeness (QED) is 0.569. The number of hydrogen-bond acceptors (Lipinski definition) is 3. The van der Waals surface area contributed by atoms with Gasteiger partial charge in [-0.25, -0.2) is 4.98 Å². The van der Waals surface area contributed by atoms with E-state index in [0.29, 0.717) is 5.88 Å². The van der Waals surface area contributed by atoms with Crippen molar-refractivity contribution in [2.75, 3.05) is 5.73 Å². The maximum atomic E-state index is 5.94. The Labute approximate surface area is 107 Å². The van der Waals surface area contributed by atoms with Crippen LogP contribution in [0, 0.1) is 0 Å². The van der Waals surface area contributed by atoms with Crippen molar-refractivity contribution < 1.29 is 0 Å². The minimum Gasteiger partial charge on any atom is -0.398 e. The van der Waals surface area contributed by atoms with E-state index < -0.39 is 0 Å². The fourth-order valence-electron chi connectivity index (χ4n) is 1.79. The minimum atomic E-state index is 0.486. The summed E-state index contributed by atoms with van der Waals surface area (Å²) in [6, 6.07) is 7.73. The van der Waals surface area contributed by atoms with Crippen molar-refractivity contribution >= 4 is 33.6 Å².